The summed E-state index contributed by atoms with van der Waals surface area (Å²) in [7, 11) is 3.67. The topological polar surface area (TPSA) is 50.8 Å². The van der Waals surface area contributed by atoms with Crippen LogP contribution in [-0.4, -0.2) is 44.2 Å². The van der Waals surface area contributed by atoms with Crippen LogP contribution in [0.5, 0.6) is 11.5 Å². The van der Waals surface area contributed by atoms with Crippen molar-refractivity contribution in [3.05, 3.63) is 53.1 Å². The van der Waals surface area contributed by atoms with Crippen molar-refractivity contribution < 1.29 is 14.3 Å². The summed E-state index contributed by atoms with van der Waals surface area (Å²) in [5.41, 5.74) is 1.18. The Labute approximate surface area is 158 Å². The number of methoxy groups -OCH3 is 1. The number of benzene rings is 2. The molecule has 0 saturated carbocycles. The van der Waals surface area contributed by atoms with Crippen molar-refractivity contribution in [3.8, 4) is 11.5 Å². The minimum absolute atomic E-state index is 0.224. The van der Waals surface area contributed by atoms with Crippen molar-refractivity contribution in [1.82, 2.24) is 4.90 Å². The fourth-order valence-electron chi connectivity index (χ4n) is 2.92. The Morgan fingerprint density at radius 3 is 2.46 bits per heavy atom. The first-order chi connectivity index (χ1) is 12.5. The van der Waals surface area contributed by atoms with E-state index in [4.69, 9.17) is 21.1 Å². The molecule has 3 rings (SSSR count). The average Bonchev–Trinajstić information content (AvgIpc) is 2.65. The van der Waals surface area contributed by atoms with Gasteiger partial charge in [0.2, 0.25) is 0 Å². The number of amides is 1. The summed E-state index contributed by atoms with van der Waals surface area (Å²) in [5.74, 6) is 1.14. The van der Waals surface area contributed by atoms with Gasteiger partial charge in [0.25, 0.3) is 5.91 Å². The standard InChI is InChI=1S/C20H23ClN2O3/c1-23-11-9-17(10-12-23)26-16-6-4-15(5-7-16)22-20(24)14-3-8-19(25-2)18(21)13-14/h3-8,13,17H,9-12H2,1-2H3,(H,22,24). The largest absolute Gasteiger partial charge is 0.495 e. The van der Waals surface area contributed by atoms with Crippen LogP contribution in [0.25, 0.3) is 0 Å². The minimum Gasteiger partial charge on any atom is -0.495 e. The van der Waals surface area contributed by atoms with Crippen molar-refractivity contribution in [2.45, 2.75) is 18.9 Å². The minimum atomic E-state index is -0.224. The van der Waals surface area contributed by atoms with Crippen molar-refractivity contribution in [1.29, 1.82) is 0 Å². The highest BCUT2D eigenvalue weighted by atomic mass is 35.5. The monoisotopic (exact) mass is 374 g/mol. The molecule has 6 heteroatoms. The predicted octanol–water partition coefficient (Wildman–Crippen LogP) is 4.07. The molecule has 1 fully saturated rings. The van der Waals surface area contributed by atoms with Crippen LogP contribution in [-0.2, 0) is 0 Å². The molecule has 0 radical (unpaired) electrons. The fourth-order valence-corrected chi connectivity index (χ4v) is 3.18. The van der Waals surface area contributed by atoms with Gasteiger partial charge in [-0.05, 0) is 62.4 Å². The zero-order chi connectivity index (χ0) is 18.5. The van der Waals surface area contributed by atoms with E-state index in [1.807, 2.05) is 24.3 Å². The van der Waals surface area contributed by atoms with E-state index in [0.29, 0.717) is 22.0 Å². The van der Waals surface area contributed by atoms with Gasteiger partial charge in [-0.2, -0.15) is 0 Å². The lowest BCUT2D eigenvalue weighted by molar-refractivity contribution is 0.102. The number of anilines is 1. The van der Waals surface area contributed by atoms with Crippen molar-refractivity contribution in [3.63, 3.8) is 0 Å². The number of likely N-dealkylation sites (tertiary alicyclic amines) is 1. The number of nitrogens with zero attached hydrogens (tertiary/aromatic N) is 1. The number of hydrogen-bond donors (Lipinski definition) is 1. The Kier molecular flexibility index (Phi) is 6.01. The molecule has 1 heterocycles. The van der Waals surface area contributed by atoms with Gasteiger partial charge in [0.15, 0.2) is 0 Å². The van der Waals surface area contributed by atoms with Crippen LogP contribution in [0.3, 0.4) is 0 Å². The Bertz CT molecular complexity index is 756. The second-order valence-electron chi connectivity index (χ2n) is 6.45. The van der Waals surface area contributed by atoms with Gasteiger partial charge in [-0.3, -0.25) is 4.79 Å². The second-order valence-corrected chi connectivity index (χ2v) is 6.86. The van der Waals surface area contributed by atoms with Gasteiger partial charge in [0.05, 0.1) is 12.1 Å². The fraction of sp³-hybridized carbons (Fsp3) is 0.350. The van der Waals surface area contributed by atoms with Crippen molar-refractivity contribution in [2.75, 3.05) is 32.6 Å². The van der Waals surface area contributed by atoms with Crippen LogP contribution in [0, 0.1) is 0 Å². The maximum absolute atomic E-state index is 12.4. The summed E-state index contributed by atoms with van der Waals surface area (Å²) in [6, 6.07) is 12.4. The highest BCUT2D eigenvalue weighted by Crippen LogP contribution is 2.26. The van der Waals surface area contributed by atoms with Crippen LogP contribution in [0.4, 0.5) is 5.69 Å². The van der Waals surface area contributed by atoms with Crippen LogP contribution in [0.2, 0.25) is 5.02 Å². The first-order valence-corrected chi connectivity index (χ1v) is 9.03. The zero-order valence-corrected chi connectivity index (χ0v) is 15.8. The number of rotatable bonds is 5. The molecule has 0 atom stereocenters. The molecule has 2 aromatic rings. The molecular formula is C20H23ClN2O3. The van der Waals surface area contributed by atoms with Crippen LogP contribution >= 0.6 is 11.6 Å². The van der Waals surface area contributed by atoms with E-state index < -0.39 is 0 Å². The smallest absolute Gasteiger partial charge is 0.255 e. The number of ether oxygens (including phenoxy) is 2. The van der Waals surface area contributed by atoms with Crippen molar-refractivity contribution >= 4 is 23.2 Å². The third-order valence-electron chi connectivity index (χ3n) is 4.49. The van der Waals surface area contributed by atoms with E-state index in [1.165, 1.54) is 7.11 Å². The third kappa shape index (κ3) is 4.68. The maximum Gasteiger partial charge on any atom is 0.255 e. The zero-order valence-electron chi connectivity index (χ0n) is 15.0. The lowest BCUT2D eigenvalue weighted by Gasteiger charge is -2.29. The van der Waals surface area contributed by atoms with E-state index in [-0.39, 0.29) is 12.0 Å². The summed E-state index contributed by atoms with van der Waals surface area (Å²) in [6.45, 7) is 2.12. The normalized spacial score (nSPS) is 15.5. The Morgan fingerprint density at radius 2 is 1.85 bits per heavy atom. The van der Waals surface area contributed by atoms with E-state index in [9.17, 15) is 4.79 Å². The number of hydrogen-bond acceptors (Lipinski definition) is 4. The molecule has 26 heavy (non-hydrogen) atoms. The summed E-state index contributed by atoms with van der Waals surface area (Å²) >= 11 is 6.07. The molecule has 0 bridgehead atoms. The molecule has 1 aliphatic rings. The van der Waals surface area contributed by atoms with Crippen LogP contribution < -0.4 is 14.8 Å². The second kappa shape index (κ2) is 8.43. The first-order valence-electron chi connectivity index (χ1n) is 8.65. The van der Waals surface area contributed by atoms with Gasteiger partial charge in [0.1, 0.15) is 17.6 Å². The summed E-state index contributed by atoms with van der Waals surface area (Å²) < 4.78 is 11.1. The Morgan fingerprint density at radius 1 is 1.15 bits per heavy atom. The molecule has 1 amide bonds. The van der Waals surface area contributed by atoms with Gasteiger partial charge in [0, 0.05) is 24.3 Å². The lowest BCUT2D eigenvalue weighted by atomic mass is 10.1. The highest BCUT2D eigenvalue weighted by molar-refractivity contribution is 6.32. The molecule has 0 aliphatic carbocycles. The highest BCUT2D eigenvalue weighted by Gasteiger charge is 2.18. The Balaban J connectivity index is 1.58. The van der Waals surface area contributed by atoms with E-state index in [2.05, 4.69) is 17.3 Å². The summed E-state index contributed by atoms with van der Waals surface area (Å²) in [5, 5.41) is 3.26. The molecule has 5 nitrogen and oxygen atoms in total. The molecule has 0 unspecified atom stereocenters. The number of piperidine rings is 1. The SMILES string of the molecule is COc1ccc(C(=O)Nc2ccc(OC3CCN(C)CC3)cc2)cc1Cl. The number of halogens is 1. The third-order valence-corrected chi connectivity index (χ3v) is 4.79. The molecular weight excluding hydrogens is 352 g/mol. The van der Waals surface area contributed by atoms with Gasteiger partial charge in [-0.15, -0.1) is 0 Å². The van der Waals surface area contributed by atoms with Gasteiger partial charge >= 0.3 is 0 Å². The molecule has 2 aromatic carbocycles. The molecule has 0 spiro atoms. The van der Waals surface area contributed by atoms with E-state index in [0.717, 1.165) is 31.7 Å². The van der Waals surface area contributed by atoms with Crippen molar-refractivity contribution in [2.24, 2.45) is 0 Å². The molecule has 0 aromatic heterocycles. The van der Waals surface area contributed by atoms with Gasteiger partial charge < -0.3 is 19.7 Å². The first kappa shape index (κ1) is 18.5. The molecule has 1 saturated heterocycles. The quantitative estimate of drug-likeness (QED) is 0.857. The average molecular weight is 375 g/mol. The lowest BCUT2D eigenvalue weighted by Crippen LogP contribution is -2.35. The maximum atomic E-state index is 12.4. The van der Waals surface area contributed by atoms with Gasteiger partial charge in [-0.25, -0.2) is 0 Å². The van der Waals surface area contributed by atoms with Crippen LogP contribution in [0.1, 0.15) is 23.2 Å². The summed E-state index contributed by atoms with van der Waals surface area (Å²) in [4.78, 5) is 14.7. The number of carbonyl (C=O) groups excluding carboxylic acids is 1. The van der Waals surface area contributed by atoms with Crippen LogP contribution in [0.15, 0.2) is 42.5 Å². The molecule has 1 aliphatic heterocycles. The van der Waals surface area contributed by atoms with E-state index in [1.54, 1.807) is 18.2 Å². The summed E-state index contributed by atoms with van der Waals surface area (Å²) in [6.07, 6.45) is 2.33. The van der Waals surface area contributed by atoms with Gasteiger partial charge in [-0.1, -0.05) is 11.6 Å². The Hall–Kier alpha value is -2.24. The predicted molar refractivity (Wildman–Crippen MR) is 104 cm³/mol. The van der Waals surface area contributed by atoms with E-state index >= 15 is 0 Å². The number of carbonyl (C=O) groups is 1. The number of nitrogens with one attached hydrogen (secondary N) is 1. The molecule has 138 valence electrons. The molecule has 1 N–H and O–H groups in total.